The molecule has 0 atom stereocenters. The molecule has 0 aromatic rings. The first kappa shape index (κ1) is 30.6. The maximum atomic E-state index is 8.80. The van der Waals surface area contributed by atoms with E-state index in [-0.39, 0.29) is 109 Å². The first-order valence-corrected chi connectivity index (χ1v) is 5.66. The van der Waals surface area contributed by atoms with Gasteiger partial charge in [-0.3, -0.25) is 0 Å². The van der Waals surface area contributed by atoms with E-state index >= 15 is 0 Å². The third-order valence-electron chi connectivity index (χ3n) is 0. The van der Waals surface area contributed by atoms with Crippen molar-refractivity contribution in [2.24, 2.45) is 0 Å². The van der Waals surface area contributed by atoms with E-state index < -0.39 is 18.1 Å². The molecule has 6 N–H and O–H groups in total. The molecule has 0 radical (unpaired) electrons. The average Bonchev–Trinajstić information content (AvgIpc) is 1.52. The van der Waals surface area contributed by atoms with Gasteiger partial charge in [-0.2, -0.15) is 9.59 Å². The molecule has 0 spiro atoms. The van der Waals surface area contributed by atoms with Crippen LogP contribution in [0.4, 0.5) is 0 Å². The zero-order chi connectivity index (χ0) is 11.7. The van der Waals surface area contributed by atoms with Crippen LogP contribution in [0.1, 0.15) is 0 Å². The summed E-state index contributed by atoms with van der Waals surface area (Å²) in [5.74, 6) is 0. The quantitative estimate of drug-likeness (QED) is 0.233. The third kappa shape index (κ3) is 478. The van der Waals surface area contributed by atoms with Crippen LogP contribution in [-0.4, -0.2) is 53.0 Å². The summed E-state index contributed by atoms with van der Waals surface area (Å²) in [5.41, 5.74) is 0. The minimum atomic E-state index is -5.11. The van der Waals surface area contributed by atoms with Gasteiger partial charge in [-0.15, -0.1) is 0 Å². The second-order valence-electron chi connectivity index (χ2n) is 1.23. The van der Waals surface area contributed by atoms with Crippen LogP contribution < -0.4 is 112 Å². The Morgan fingerprint density at radius 1 is 0.800 bits per heavy atom. The zero-order valence-corrected chi connectivity index (χ0v) is 16.1. The van der Waals surface area contributed by atoms with E-state index in [9.17, 15) is 0 Å². The molecule has 0 amide bonds. The minimum Gasteiger partial charge on any atom is -0.828 e. The van der Waals surface area contributed by atoms with Crippen LogP contribution in [0.2, 0.25) is 0 Å². The molecule has 0 aliphatic carbocycles. The smallest absolute Gasteiger partial charge is 0.828 e. The Balaban J connectivity index is -0.0000000322. The maximum absolute atomic E-state index is 8.80. The molecule has 14 heteroatoms. The summed E-state index contributed by atoms with van der Waals surface area (Å²) >= 11 is 0. The Labute approximate surface area is 171 Å². The van der Waals surface area contributed by atoms with E-state index in [4.69, 9.17) is 48.0 Å². The monoisotopic (exact) mass is 312 g/mol. The van der Waals surface area contributed by atoms with Gasteiger partial charge in [-0.05, 0) is 0 Å². The molecule has 10 nitrogen and oxygen atoms in total. The van der Waals surface area contributed by atoms with Gasteiger partial charge in [0, 0.05) is 0 Å². The second-order valence-corrected chi connectivity index (χ2v) is 3.53. The van der Waals surface area contributed by atoms with E-state index in [2.05, 4.69) is 0 Å². The van der Waals surface area contributed by atoms with Crippen LogP contribution in [-0.2, 0) is 9.59 Å². The molecule has 0 aromatic heterocycles. The van der Waals surface area contributed by atoms with Crippen molar-refractivity contribution in [3.05, 3.63) is 0 Å². The van der Waals surface area contributed by atoms with Crippen molar-refractivity contribution in [1.29, 1.82) is 0 Å². The van der Waals surface area contributed by atoms with Gasteiger partial charge in [0.25, 0.3) is 0 Å². The standard InChI is InChI=1S/CO2.2K.H4O4Si.H2O4Si/c2-1-3;;;2*1-5(2,3)4/h;;;1-4H;1-2H/q;2*+1;;-2. The molecule has 0 aliphatic rings. The molecule has 0 bridgehead atoms. The van der Waals surface area contributed by atoms with Crippen molar-refractivity contribution in [3.63, 3.8) is 0 Å². The van der Waals surface area contributed by atoms with E-state index in [1.807, 2.05) is 0 Å². The average molecular weight is 312 g/mol. The first-order chi connectivity index (χ1) is 5.41. The van der Waals surface area contributed by atoms with Crippen LogP contribution in [0.5, 0.6) is 0 Å². The van der Waals surface area contributed by atoms with Gasteiger partial charge in [0.2, 0.25) is 0 Å². The van der Waals surface area contributed by atoms with Crippen LogP contribution in [0.3, 0.4) is 0 Å². The van der Waals surface area contributed by atoms with Crippen molar-refractivity contribution in [2.75, 3.05) is 0 Å². The van der Waals surface area contributed by atoms with E-state index in [1.165, 1.54) is 0 Å². The van der Waals surface area contributed by atoms with Crippen LogP contribution >= 0.6 is 0 Å². The number of carbonyl (C=O) groups excluding carboxylic acids is 2. The van der Waals surface area contributed by atoms with Gasteiger partial charge in [0.05, 0.1) is 0 Å². The maximum Gasteiger partial charge on any atom is 1.00 e. The topological polar surface area (TPSA) is 202 Å². The zero-order valence-electron chi connectivity index (χ0n) is 7.82. The third-order valence-corrected chi connectivity index (χ3v) is 0. The van der Waals surface area contributed by atoms with Gasteiger partial charge in [0.1, 0.15) is 9.05 Å². The Morgan fingerprint density at radius 2 is 0.800 bits per heavy atom. The van der Waals surface area contributed by atoms with Gasteiger partial charge < -0.3 is 38.4 Å². The molecule has 0 unspecified atom stereocenters. The molecule has 0 saturated heterocycles. The van der Waals surface area contributed by atoms with Crippen molar-refractivity contribution < 1.29 is 151 Å². The molecule has 0 saturated carbocycles. The molecule has 15 heavy (non-hydrogen) atoms. The predicted molar refractivity (Wildman–Crippen MR) is 29.8 cm³/mol. The van der Waals surface area contributed by atoms with Gasteiger partial charge >= 0.3 is 118 Å². The van der Waals surface area contributed by atoms with Crippen LogP contribution in [0.15, 0.2) is 0 Å². The summed E-state index contributed by atoms with van der Waals surface area (Å²) in [6.45, 7) is 0. The molecule has 0 aromatic carbocycles. The fourth-order valence-corrected chi connectivity index (χ4v) is 0. The summed E-state index contributed by atoms with van der Waals surface area (Å²) in [4.78, 5) is 77.4. The SMILES string of the molecule is O=C=O.O[Si](O)(O)O.[K+].[K+].[O-][Si]([O-])(O)O. The second kappa shape index (κ2) is 16.8. The summed E-state index contributed by atoms with van der Waals surface area (Å²) < 4.78 is 0. The first-order valence-electron chi connectivity index (χ1n) is 2.16. The van der Waals surface area contributed by atoms with Crippen LogP contribution in [0, 0.1) is 0 Å². The summed E-state index contributed by atoms with van der Waals surface area (Å²) in [6, 6.07) is 0. The fraction of sp³-hybridized carbons (Fsp3) is 0. The Kier molecular flexibility index (Phi) is 34.3. The Bertz CT molecular complexity index is 118. The van der Waals surface area contributed by atoms with Gasteiger partial charge in [0.15, 0.2) is 0 Å². The molecular weight excluding hydrogens is 306 g/mol. The van der Waals surface area contributed by atoms with Gasteiger partial charge in [-0.1, -0.05) is 0 Å². The molecule has 80 valence electrons. The van der Waals surface area contributed by atoms with E-state index in [0.717, 1.165) is 0 Å². The summed E-state index contributed by atoms with van der Waals surface area (Å²) in [6.07, 6.45) is 0.250. The Morgan fingerprint density at radius 3 is 0.800 bits per heavy atom. The predicted octanol–water partition coefficient (Wildman–Crippen LogP) is -13.1. The van der Waals surface area contributed by atoms with Crippen molar-refractivity contribution in [3.8, 4) is 0 Å². The van der Waals surface area contributed by atoms with Gasteiger partial charge in [-0.25, -0.2) is 0 Å². The normalized spacial score (nSPS) is 8.53. The molecular formula is CH6K2O10Si2. The van der Waals surface area contributed by atoms with Crippen LogP contribution in [0.25, 0.3) is 0 Å². The fourth-order valence-electron chi connectivity index (χ4n) is 0. The minimum absolute atomic E-state index is 0. The van der Waals surface area contributed by atoms with E-state index in [1.54, 1.807) is 0 Å². The molecule has 0 fully saturated rings. The summed E-state index contributed by atoms with van der Waals surface area (Å²) in [7, 11) is -9.72. The molecule has 0 aliphatic heterocycles. The summed E-state index contributed by atoms with van der Waals surface area (Å²) in [5, 5.41) is 0. The number of rotatable bonds is 0. The number of hydrogen-bond donors (Lipinski definition) is 6. The van der Waals surface area contributed by atoms with Crippen molar-refractivity contribution in [2.45, 2.75) is 0 Å². The van der Waals surface area contributed by atoms with Crippen molar-refractivity contribution in [1.82, 2.24) is 0 Å². The molecule has 0 heterocycles. The largest absolute Gasteiger partial charge is 1.00 e. The Hall–Kier alpha value is 2.77. The van der Waals surface area contributed by atoms with E-state index in [0.29, 0.717) is 0 Å². The van der Waals surface area contributed by atoms with Crippen molar-refractivity contribution >= 4 is 24.2 Å². The molecule has 0 rings (SSSR count). The number of hydrogen-bond acceptors (Lipinski definition) is 10.